The normalized spacial score (nSPS) is 8.50. The van der Waals surface area contributed by atoms with E-state index in [1.165, 1.54) is 0 Å². The van der Waals surface area contributed by atoms with Crippen molar-refractivity contribution in [1.29, 1.82) is 0 Å². The van der Waals surface area contributed by atoms with Gasteiger partial charge in [0, 0.05) is 11.1 Å². The van der Waals surface area contributed by atoms with E-state index < -0.39 is 0 Å². The van der Waals surface area contributed by atoms with E-state index in [1.807, 2.05) is 18.2 Å². The Bertz CT molecular complexity index is 353. The predicted octanol–water partition coefficient (Wildman–Crippen LogP) is 2.26. The van der Waals surface area contributed by atoms with Crippen LogP contribution in [0.4, 0.5) is 0 Å². The summed E-state index contributed by atoms with van der Waals surface area (Å²) in [6, 6.07) is 7.37. The van der Waals surface area contributed by atoms with Crippen LogP contribution in [-0.2, 0) is 0 Å². The van der Waals surface area contributed by atoms with Crippen molar-refractivity contribution in [3.63, 3.8) is 0 Å². The first-order valence-corrected chi connectivity index (χ1v) is 3.78. The third kappa shape index (κ3) is 1.73. The SMILES string of the molecule is CC#Cc1ccccc1C(C)=O. The molecule has 0 fully saturated rings. The van der Waals surface area contributed by atoms with Crippen molar-refractivity contribution < 1.29 is 4.79 Å². The Morgan fingerprint density at radius 1 is 1.33 bits per heavy atom. The number of rotatable bonds is 1. The first kappa shape index (κ1) is 8.55. The van der Waals surface area contributed by atoms with Crippen LogP contribution in [0.25, 0.3) is 0 Å². The van der Waals surface area contributed by atoms with Crippen molar-refractivity contribution in [2.24, 2.45) is 0 Å². The zero-order chi connectivity index (χ0) is 8.97. The molecule has 0 radical (unpaired) electrons. The summed E-state index contributed by atoms with van der Waals surface area (Å²) in [4.78, 5) is 11.1. The highest BCUT2D eigenvalue weighted by atomic mass is 16.1. The predicted molar refractivity (Wildman–Crippen MR) is 49.0 cm³/mol. The zero-order valence-corrected chi connectivity index (χ0v) is 7.22. The Morgan fingerprint density at radius 2 is 2.00 bits per heavy atom. The lowest BCUT2D eigenvalue weighted by atomic mass is 10.1. The summed E-state index contributed by atoms with van der Waals surface area (Å²) in [5, 5.41) is 0. The van der Waals surface area contributed by atoms with Crippen LogP contribution in [0.15, 0.2) is 24.3 Å². The standard InChI is InChI=1S/C11H10O/c1-3-6-10-7-4-5-8-11(10)9(2)12/h4-5,7-8H,1-2H3. The average Bonchev–Trinajstić information content (AvgIpc) is 2.05. The molecule has 0 amide bonds. The van der Waals surface area contributed by atoms with E-state index in [-0.39, 0.29) is 5.78 Å². The van der Waals surface area contributed by atoms with Crippen molar-refractivity contribution in [1.82, 2.24) is 0 Å². The molecule has 12 heavy (non-hydrogen) atoms. The van der Waals surface area contributed by atoms with E-state index in [9.17, 15) is 4.79 Å². The Kier molecular flexibility index (Phi) is 2.66. The molecule has 60 valence electrons. The molecule has 0 saturated heterocycles. The van der Waals surface area contributed by atoms with Crippen LogP contribution in [0, 0.1) is 11.8 Å². The van der Waals surface area contributed by atoms with E-state index in [0.29, 0.717) is 5.56 Å². The highest BCUT2D eigenvalue weighted by Crippen LogP contribution is 2.07. The van der Waals surface area contributed by atoms with Gasteiger partial charge in [0.15, 0.2) is 5.78 Å². The summed E-state index contributed by atoms with van der Waals surface area (Å²) < 4.78 is 0. The molecule has 1 rings (SSSR count). The number of carbonyl (C=O) groups excluding carboxylic acids is 1. The van der Waals surface area contributed by atoms with E-state index >= 15 is 0 Å². The second-order valence-electron chi connectivity index (χ2n) is 2.48. The molecular weight excluding hydrogens is 148 g/mol. The van der Waals surface area contributed by atoms with Crippen LogP contribution in [0.2, 0.25) is 0 Å². The molecule has 0 aliphatic rings. The summed E-state index contributed by atoms with van der Waals surface area (Å²) in [5.41, 5.74) is 1.51. The van der Waals surface area contributed by atoms with Gasteiger partial charge in [0.05, 0.1) is 0 Å². The summed E-state index contributed by atoms with van der Waals surface area (Å²) >= 11 is 0. The minimum atomic E-state index is 0.0633. The van der Waals surface area contributed by atoms with Gasteiger partial charge < -0.3 is 0 Å². The highest BCUT2D eigenvalue weighted by molar-refractivity contribution is 5.96. The molecule has 0 aromatic heterocycles. The van der Waals surface area contributed by atoms with Crippen molar-refractivity contribution in [3.05, 3.63) is 35.4 Å². The lowest BCUT2D eigenvalue weighted by molar-refractivity contribution is 0.101. The molecular formula is C11H10O. The topological polar surface area (TPSA) is 17.1 Å². The molecule has 0 N–H and O–H groups in total. The van der Waals surface area contributed by atoms with Gasteiger partial charge in [0.1, 0.15) is 0 Å². The van der Waals surface area contributed by atoms with Gasteiger partial charge in [-0.15, -0.1) is 5.92 Å². The molecule has 0 spiro atoms. The quantitative estimate of drug-likeness (QED) is 0.452. The molecule has 0 atom stereocenters. The van der Waals surface area contributed by atoms with Gasteiger partial charge in [-0.3, -0.25) is 4.79 Å². The smallest absolute Gasteiger partial charge is 0.161 e. The fourth-order valence-electron chi connectivity index (χ4n) is 1.03. The van der Waals surface area contributed by atoms with Gasteiger partial charge in [0.2, 0.25) is 0 Å². The lowest BCUT2D eigenvalue weighted by Gasteiger charge is -1.97. The van der Waals surface area contributed by atoms with Crippen LogP contribution in [-0.4, -0.2) is 5.78 Å². The minimum absolute atomic E-state index is 0.0633. The summed E-state index contributed by atoms with van der Waals surface area (Å²) in [6.45, 7) is 3.31. The molecule has 1 aromatic carbocycles. The second kappa shape index (κ2) is 3.73. The Balaban J connectivity index is 3.23. The van der Waals surface area contributed by atoms with Crippen molar-refractivity contribution in [3.8, 4) is 11.8 Å². The maximum atomic E-state index is 11.1. The highest BCUT2D eigenvalue weighted by Gasteiger charge is 2.02. The van der Waals surface area contributed by atoms with Gasteiger partial charge in [-0.2, -0.15) is 0 Å². The summed E-state index contributed by atoms with van der Waals surface area (Å²) in [7, 11) is 0. The fourth-order valence-corrected chi connectivity index (χ4v) is 1.03. The first-order valence-electron chi connectivity index (χ1n) is 3.78. The monoisotopic (exact) mass is 158 g/mol. The minimum Gasteiger partial charge on any atom is -0.294 e. The third-order valence-electron chi connectivity index (χ3n) is 1.57. The van der Waals surface area contributed by atoms with Crippen LogP contribution >= 0.6 is 0 Å². The van der Waals surface area contributed by atoms with Crippen LogP contribution in [0.3, 0.4) is 0 Å². The Hall–Kier alpha value is -1.55. The molecule has 1 heteroatoms. The van der Waals surface area contributed by atoms with E-state index in [2.05, 4.69) is 11.8 Å². The number of Topliss-reactive ketones (excluding diaryl/α,β-unsaturated/α-hetero) is 1. The molecule has 1 aromatic rings. The average molecular weight is 158 g/mol. The molecule has 0 aliphatic carbocycles. The fraction of sp³-hybridized carbons (Fsp3) is 0.182. The van der Waals surface area contributed by atoms with E-state index in [1.54, 1.807) is 19.9 Å². The van der Waals surface area contributed by atoms with Gasteiger partial charge in [-0.05, 0) is 19.9 Å². The number of hydrogen-bond donors (Lipinski definition) is 0. The van der Waals surface area contributed by atoms with Crippen molar-refractivity contribution >= 4 is 5.78 Å². The lowest BCUT2D eigenvalue weighted by Crippen LogP contribution is -1.95. The number of hydrogen-bond acceptors (Lipinski definition) is 1. The molecule has 0 heterocycles. The van der Waals surface area contributed by atoms with Crippen LogP contribution in [0.1, 0.15) is 29.8 Å². The number of carbonyl (C=O) groups is 1. The second-order valence-corrected chi connectivity index (χ2v) is 2.48. The number of benzene rings is 1. The molecule has 0 saturated carbocycles. The van der Waals surface area contributed by atoms with E-state index in [0.717, 1.165) is 5.56 Å². The maximum absolute atomic E-state index is 11.1. The van der Waals surface area contributed by atoms with Gasteiger partial charge in [0.25, 0.3) is 0 Å². The van der Waals surface area contributed by atoms with Crippen molar-refractivity contribution in [2.45, 2.75) is 13.8 Å². The maximum Gasteiger partial charge on any atom is 0.161 e. The molecule has 1 nitrogen and oxygen atoms in total. The summed E-state index contributed by atoms with van der Waals surface area (Å²) in [5.74, 6) is 5.73. The first-order chi connectivity index (χ1) is 5.75. The largest absolute Gasteiger partial charge is 0.294 e. The zero-order valence-electron chi connectivity index (χ0n) is 7.22. The van der Waals surface area contributed by atoms with Gasteiger partial charge in [-0.25, -0.2) is 0 Å². The molecule has 0 bridgehead atoms. The van der Waals surface area contributed by atoms with Gasteiger partial charge in [-0.1, -0.05) is 24.1 Å². The molecule has 0 unspecified atom stereocenters. The Morgan fingerprint density at radius 3 is 2.58 bits per heavy atom. The van der Waals surface area contributed by atoms with Gasteiger partial charge >= 0.3 is 0 Å². The Labute approximate surface area is 72.4 Å². The van der Waals surface area contributed by atoms with Crippen LogP contribution in [0.5, 0.6) is 0 Å². The molecule has 0 aliphatic heterocycles. The number of ketones is 1. The van der Waals surface area contributed by atoms with Crippen molar-refractivity contribution in [2.75, 3.05) is 0 Å². The summed E-state index contributed by atoms with van der Waals surface area (Å²) in [6.07, 6.45) is 0. The third-order valence-corrected chi connectivity index (χ3v) is 1.57. The van der Waals surface area contributed by atoms with E-state index in [4.69, 9.17) is 0 Å². The van der Waals surface area contributed by atoms with Crippen LogP contribution < -0.4 is 0 Å².